The number of hydrogen-bond donors (Lipinski definition) is 0. The third-order valence-electron chi connectivity index (χ3n) is 1.55. The molecule has 0 saturated heterocycles. The van der Waals surface area contributed by atoms with Gasteiger partial charge >= 0.3 is 0 Å². The molecule has 0 atom stereocenters. The van der Waals surface area contributed by atoms with Crippen molar-refractivity contribution in [1.82, 2.24) is 10.2 Å². The molecule has 0 saturated carbocycles. The monoisotopic (exact) mass is 242 g/mol. The van der Waals surface area contributed by atoms with Crippen LogP contribution in [0, 0.1) is 0 Å². The average Bonchev–Trinajstić information content (AvgIpc) is 2.63. The molecule has 0 unspecified atom stereocenters. The number of rotatable bonds is 3. The van der Waals surface area contributed by atoms with Gasteiger partial charge in [-0.2, -0.15) is 0 Å². The molecule has 72 valence electrons. The summed E-state index contributed by atoms with van der Waals surface area (Å²) < 4.78 is 0.508. The molecule has 1 aromatic carbocycles. The summed E-state index contributed by atoms with van der Waals surface area (Å²) in [4.78, 5) is 1.24. The predicted molar refractivity (Wildman–Crippen MR) is 60.9 cm³/mol. The molecule has 0 aliphatic heterocycles. The highest BCUT2D eigenvalue weighted by Crippen LogP contribution is 2.25. The Morgan fingerprint density at radius 2 is 2.00 bits per heavy atom. The molecule has 0 aliphatic rings. The summed E-state index contributed by atoms with van der Waals surface area (Å²) in [7, 11) is 0. The van der Waals surface area contributed by atoms with Crippen LogP contribution < -0.4 is 0 Å². The van der Waals surface area contributed by atoms with E-state index in [1.807, 2.05) is 18.2 Å². The lowest BCUT2D eigenvalue weighted by molar-refractivity contribution is 1.04. The fraction of sp³-hybridized carbons (Fsp3) is 0.111. The van der Waals surface area contributed by atoms with Gasteiger partial charge in [-0.1, -0.05) is 29.5 Å². The molecular weight excluding hydrogens is 236 g/mol. The average molecular weight is 243 g/mol. The Bertz CT molecular complexity index is 402. The van der Waals surface area contributed by atoms with Gasteiger partial charge in [0.25, 0.3) is 0 Å². The van der Waals surface area contributed by atoms with Crippen LogP contribution in [0.3, 0.4) is 0 Å². The fourth-order valence-corrected chi connectivity index (χ4v) is 2.73. The van der Waals surface area contributed by atoms with Gasteiger partial charge in [0.2, 0.25) is 4.47 Å². The topological polar surface area (TPSA) is 25.8 Å². The van der Waals surface area contributed by atoms with Crippen LogP contribution in [0.15, 0.2) is 35.2 Å². The Labute approximate surface area is 95.3 Å². The molecule has 2 nitrogen and oxygen atoms in total. The second-order valence-corrected chi connectivity index (χ2v) is 5.24. The molecule has 0 radical (unpaired) electrons. The van der Waals surface area contributed by atoms with E-state index >= 15 is 0 Å². The van der Waals surface area contributed by atoms with Gasteiger partial charge in [0.15, 0.2) is 0 Å². The summed E-state index contributed by atoms with van der Waals surface area (Å²) in [5.41, 5.74) is 0. The zero-order valence-corrected chi connectivity index (χ0v) is 9.57. The molecule has 0 N–H and O–H groups in total. The van der Waals surface area contributed by atoms with E-state index in [0.29, 0.717) is 4.47 Å². The van der Waals surface area contributed by atoms with Crippen molar-refractivity contribution in [2.75, 3.05) is 0 Å². The Kier molecular flexibility index (Phi) is 3.39. The summed E-state index contributed by atoms with van der Waals surface area (Å²) in [6.45, 7) is 0. The molecule has 2 rings (SSSR count). The predicted octanol–water partition coefficient (Wildman–Crippen LogP) is 3.48. The first-order valence-electron chi connectivity index (χ1n) is 4.00. The maximum atomic E-state index is 5.68. The second-order valence-electron chi connectivity index (χ2n) is 2.55. The van der Waals surface area contributed by atoms with E-state index in [1.54, 1.807) is 11.8 Å². The first-order chi connectivity index (χ1) is 6.84. The Hall–Kier alpha value is -0.580. The smallest absolute Gasteiger partial charge is 0.141 e. The molecule has 1 heterocycles. The Balaban J connectivity index is 1.95. The van der Waals surface area contributed by atoms with Gasteiger partial charge in [0, 0.05) is 4.90 Å². The number of thioether (sulfide) groups is 1. The van der Waals surface area contributed by atoms with E-state index in [1.165, 1.54) is 16.2 Å². The lowest BCUT2D eigenvalue weighted by Crippen LogP contribution is -1.78. The lowest BCUT2D eigenvalue weighted by Gasteiger charge is -1.96. The SMILES string of the molecule is Clc1nnc(CSc2ccccc2)s1. The van der Waals surface area contributed by atoms with Crippen molar-refractivity contribution < 1.29 is 0 Å². The van der Waals surface area contributed by atoms with Gasteiger partial charge < -0.3 is 0 Å². The second kappa shape index (κ2) is 4.77. The zero-order valence-electron chi connectivity index (χ0n) is 7.18. The minimum atomic E-state index is 0.508. The van der Waals surface area contributed by atoms with Gasteiger partial charge in [0.1, 0.15) is 5.01 Å². The van der Waals surface area contributed by atoms with Crippen LogP contribution in [0.4, 0.5) is 0 Å². The Morgan fingerprint density at radius 1 is 1.21 bits per heavy atom. The Morgan fingerprint density at radius 3 is 2.64 bits per heavy atom. The third-order valence-corrected chi connectivity index (χ3v) is 3.77. The van der Waals surface area contributed by atoms with Crippen molar-refractivity contribution in [3.63, 3.8) is 0 Å². The summed E-state index contributed by atoms with van der Waals surface area (Å²) in [6.07, 6.45) is 0. The molecule has 5 heteroatoms. The lowest BCUT2D eigenvalue weighted by atomic mass is 10.4. The number of benzene rings is 1. The van der Waals surface area contributed by atoms with Gasteiger partial charge in [-0.05, 0) is 23.7 Å². The summed E-state index contributed by atoms with van der Waals surface area (Å²) in [5.74, 6) is 0.828. The van der Waals surface area contributed by atoms with E-state index in [0.717, 1.165) is 10.8 Å². The van der Waals surface area contributed by atoms with Crippen LogP contribution in [-0.2, 0) is 5.75 Å². The molecule has 0 amide bonds. The summed E-state index contributed by atoms with van der Waals surface area (Å²) in [6, 6.07) is 10.2. The van der Waals surface area contributed by atoms with Crippen molar-refractivity contribution >= 4 is 34.7 Å². The van der Waals surface area contributed by atoms with E-state index in [4.69, 9.17) is 11.6 Å². The van der Waals surface area contributed by atoms with Crippen molar-refractivity contribution in [3.05, 3.63) is 39.8 Å². The van der Waals surface area contributed by atoms with Crippen molar-refractivity contribution in [1.29, 1.82) is 0 Å². The van der Waals surface area contributed by atoms with Crippen molar-refractivity contribution in [3.8, 4) is 0 Å². The quantitative estimate of drug-likeness (QED) is 0.771. The van der Waals surface area contributed by atoms with Crippen LogP contribution >= 0.6 is 34.7 Å². The molecule has 0 fully saturated rings. The van der Waals surface area contributed by atoms with Crippen molar-refractivity contribution in [2.45, 2.75) is 10.6 Å². The van der Waals surface area contributed by atoms with Crippen LogP contribution in [0.5, 0.6) is 0 Å². The molecule has 0 spiro atoms. The first kappa shape index (κ1) is 9.96. The largest absolute Gasteiger partial charge is 0.207 e. The van der Waals surface area contributed by atoms with Crippen LogP contribution in [-0.4, -0.2) is 10.2 Å². The van der Waals surface area contributed by atoms with E-state index < -0.39 is 0 Å². The van der Waals surface area contributed by atoms with Crippen molar-refractivity contribution in [2.24, 2.45) is 0 Å². The minimum absolute atomic E-state index is 0.508. The molecule has 2 aromatic rings. The molecule has 1 aromatic heterocycles. The molecule has 0 bridgehead atoms. The maximum absolute atomic E-state index is 5.68. The molecular formula is C9H7ClN2S2. The fourth-order valence-electron chi connectivity index (χ4n) is 0.953. The van der Waals surface area contributed by atoms with E-state index in [2.05, 4.69) is 22.3 Å². The first-order valence-corrected chi connectivity index (χ1v) is 6.18. The zero-order chi connectivity index (χ0) is 9.80. The van der Waals surface area contributed by atoms with E-state index in [9.17, 15) is 0 Å². The van der Waals surface area contributed by atoms with Gasteiger partial charge in [0.05, 0.1) is 5.75 Å². The number of nitrogens with zero attached hydrogens (tertiary/aromatic N) is 2. The summed E-state index contributed by atoms with van der Waals surface area (Å²) >= 11 is 8.84. The number of halogens is 1. The number of hydrogen-bond acceptors (Lipinski definition) is 4. The van der Waals surface area contributed by atoms with Gasteiger partial charge in [-0.3, -0.25) is 0 Å². The highest BCUT2D eigenvalue weighted by molar-refractivity contribution is 7.98. The highest BCUT2D eigenvalue weighted by atomic mass is 35.5. The maximum Gasteiger partial charge on any atom is 0.207 e. The van der Waals surface area contributed by atoms with Crippen LogP contribution in [0.2, 0.25) is 4.47 Å². The molecule has 14 heavy (non-hydrogen) atoms. The minimum Gasteiger partial charge on any atom is -0.141 e. The van der Waals surface area contributed by atoms with Crippen LogP contribution in [0.25, 0.3) is 0 Å². The van der Waals surface area contributed by atoms with E-state index in [-0.39, 0.29) is 0 Å². The summed E-state index contributed by atoms with van der Waals surface area (Å²) in [5, 5.41) is 8.66. The highest BCUT2D eigenvalue weighted by Gasteiger charge is 2.01. The third kappa shape index (κ3) is 2.70. The normalized spacial score (nSPS) is 10.4. The standard InChI is InChI=1S/C9H7ClN2S2/c10-9-12-11-8(14-9)6-13-7-4-2-1-3-5-7/h1-5H,6H2. The molecule has 0 aliphatic carbocycles. The van der Waals surface area contributed by atoms with Gasteiger partial charge in [-0.25, -0.2) is 0 Å². The van der Waals surface area contributed by atoms with Crippen LogP contribution in [0.1, 0.15) is 5.01 Å². The number of aromatic nitrogens is 2. The van der Waals surface area contributed by atoms with Gasteiger partial charge in [-0.15, -0.1) is 22.0 Å².